The summed E-state index contributed by atoms with van der Waals surface area (Å²) in [6.45, 7) is 6.14. The van der Waals surface area contributed by atoms with Crippen LogP contribution in [0, 0.1) is 0 Å². The van der Waals surface area contributed by atoms with Crippen LogP contribution in [-0.2, 0) is 17.8 Å². The zero-order valence-electron chi connectivity index (χ0n) is 15.9. The standard InChI is InChI=1S/C21H27N3O2/c1-4-6-12-23-15-17(16-10-8-9-11-19(16)23)20-14-18(21(25)26-3)22-24(20)13-7-5-2/h8-11,14-15H,4-7,12-13H2,1-3H3. The van der Waals surface area contributed by atoms with Crippen LogP contribution in [-0.4, -0.2) is 27.4 Å². The van der Waals surface area contributed by atoms with Gasteiger partial charge in [0.1, 0.15) is 0 Å². The van der Waals surface area contributed by atoms with E-state index in [-0.39, 0.29) is 0 Å². The molecule has 138 valence electrons. The normalized spacial score (nSPS) is 11.2. The van der Waals surface area contributed by atoms with Gasteiger partial charge in [0, 0.05) is 35.8 Å². The predicted octanol–water partition coefficient (Wildman–Crippen LogP) is 4.89. The minimum atomic E-state index is -0.392. The Morgan fingerprint density at radius 1 is 1.12 bits per heavy atom. The molecule has 2 aromatic heterocycles. The number of aryl methyl sites for hydroxylation is 2. The molecule has 0 fully saturated rings. The summed E-state index contributed by atoms with van der Waals surface area (Å²) in [5, 5.41) is 5.70. The first kappa shape index (κ1) is 18.2. The van der Waals surface area contributed by atoms with Crippen LogP contribution in [0.25, 0.3) is 22.2 Å². The van der Waals surface area contributed by atoms with Crippen LogP contribution in [0.15, 0.2) is 36.5 Å². The van der Waals surface area contributed by atoms with Crippen molar-refractivity contribution in [3.8, 4) is 11.3 Å². The molecule has 5 nitrogen and oxygen atoms in total. The third-order valence-corrected chi connectivity index (χ3v) is 4.72. The van der Waals surface area contributed by atoms with Crippen LogP contribution in [0.3, 0.4) is 0 Å². The topological polar surface area (TPSA) is 49.1 Å². The van der Waals surface area contributed by atoms with Gasteiger partial charge in [0.15, 0.2) is 5.69 Å². The van der Waals surface area contributed by atoms with Crippen LogP contribution in [0.1, 0.15) is 50.0 Å². The van der Waals surface area contributed by atoms with E-state index in [2.05, 4.69) is 54.0 Å². The van der Waals surface area contributed by atoms with E-state index in [0.29, 0.717) is 5.69 Å². The molecule has 5 heteroatoms. The third-order valence-electron chi connectivity index (χ3n) is 4.72. The minimum Gasteiger partial charge on any atom is -0.464 e. The molecular formula is C21H27N3O2. The first-order valence-corrected chi connectivity index (χ1v) is 9.44. The Bertz CT molecular complexity index is 892. The van der Waals surface area contributed by atoms with Crippen molar-refractivity contribution in [3.05, 3.63) is 42.2 Å². The summed E-state index contributed by atoms with van der Waals surface area (Å²) >= 11 is 0. The van der Waals surface area contributed by atoms with Gasteiger partial charge in [-0.15, -0.1) is 0 Å². The maximum Gasteiger partial charge on any atom is 0.358 e. The number of para-hydroxylation sites is 1. The second kappa shape index (κ2) is 8.21. The number of carbonyl (C=O) groups is 1. The van der Waals surface area contributed by atoms with Gasteiger partial charge < -0.3 is 9.30 Å². The van der Waals surface area contributed by atoms with Crippen molar-refractivity contribution in [1.82, 2.24) is 14.3 Å². The molecule has 0 saturated heterocycles. The van der Waals surface area contributed by atoms with E-state index in [1.54, 1.807) is 0 Å². The summed E-state index contributed by atoms with van der Waals surface area (Å²) in [6, 6.07) is 10.3. The second-order valence-corrected chi connectivity index (χ2v) is 6.59. The molecule has 3 rings (SSSR count). The van der Waals surface area contributed by atoms with E-state index in [1.165, 1.54) is 18.0 Å². The first-order chi connectivity index (χ1) is 12.7. The van der Waals surface area contributed by atoms with Crippen molar-refractivity contribution in [2.24, 2.45) is 0 Å². The molecule has 0 aliphatic rings. The number of unbranched alkanes of at least 4 members (excludes halogenated alkanes) is 2. The van der Waals surface area contributed by atoms with Gasteiger partial charge in [0.2, 0.25) is 0 Å². The van der Waals surface area contributed by atoms with Crippen molar-refractivity contribution in [2.75, 3.05) is 7.11 Å². The van der Waals surface area contributed by atoms with Crippen LogP contribution < -0.4 is 0 Å². The number of hydrogen-bond acceptors (Lipinski definition) is 3. The van der Waals surface area contributed by atoms with Gasteiger partial charge in [-0.1, -0.05) is 44.9 Å². The number of esters is 1. The SMILES string of the molecule is CCCCn1nc(C(=O)OC)cc1-c1cn(CCCC)c2ccccc12. The largest absolute Gasteiger partial charge is 0.464 e. The fourth-order valence-electron chi connectivity index (χ4n) is 3.28. The van der Waals surface area contributed by atoms with Gasteiger partial charge in [0.25, 0.3) is 0 Å². The molecule has 3 aromatic rings. The second-order valence-electron chi connectivity index (χ2n) is 6.59. The quantitative estimate of drug-likeness (QED) is 0.542. The average molecular weight is 353 g/mol. The number of carbonyl (C=O) groups excluding carboxylic acids is 1. The Morgan fingerprint density at radius 2 is 1.85 bits per heavy atom. The third kappa shape index (κ3) is 3.52. The minimum absolute atomic E-state index is 0.365. The molecule has 0 spiro atoms. The highest BCUT2D eigenvalue weighted by atomic mass is 16.5. The summed E-state index contributed by atoms with van der Waals surface area (Å²) in [5.41, 5.74) is 3.68. The molecule has 0 saturated carbocycles. The number of ether oxygens (including phenoxy) is 1. The van der Waals surface area contributed by atoms with E-state index in [4.69, 9.17) is 4.74 Å². The summed E-state index contributed by atoms with van der Waals surface area (Å²) in [6.07, 6.45) is 6.58. The van der Waals surface area contributed by atoms with Crippen LogP contribution in [0.4, 0.5) is 0 Å². The number of hydrogen-bond donors (Lipinski definition) is 0. The van der Waals surface area contributed by atoms with Gasteiger partial charge in [-0.2, -0.15) is 5.10 Å². The smallest absolute Gasteiger partial charge is 0.358 e. The lowest BCUT2D eigenvalue weighted by atomic mass is 10.1. The Balaban J connectivity index is 2.12. The summed E-state index contributed by atoms with van der Waals surface area (Å²) in [7, 11) is 1.39. The molecule has 0 radical (unpaired) electrons. The van der Waals surface area contributed by atoms with E-state index in [9.17, 15) is 4.79 Å². The number of rotatable bonds is 8. The summed E-state index contributed by atoms with van der Waals surface area (Å²) < 4.78 is 9.13. The Hall–Kier alpha value is -2.56. The van der Waals surface area contributed by atoms with E-state index >= 15 is 0 Å². The van der Waals surface area contributed by atoms with Gasteiger partial charge in [-0.3, -0.25) is 4.68 Å². The molecular weight excluding hydrogens is 326 g/mol. The van der Waals surface area contributed by atoms with E-state index < -0.39 is 5.97 Å². The average Bonchev–Trinajstić information content (AvgIpc) is 3.25. The number of nitrogens with zero attached hydrogens (tertiary/aromatic N) is 3. The molecule has 0 aliphatic carbocycles. The van der Waals surface area contributed by atoms with Gasteiger partial charge >= 0.3 is 5.97 Å². The molecule has 0 bridgehead atoms. The number of benzene rings is 1. The van der Waals surface area contributed by atoms with Crippen molar-refractivity contribution < 1.29 is 9.53 Å². The lowest BCUT2D eigenvalue weighted by molar-refractivity contribution is 0.0593. The fraction of sp³-hybridized carbons (Fsp3) is 0.429. The van der Waals surface area contributed by atoms with Crippen molar-refractivity contribution in [2.45, 2.75) is 52.6 Å². The number of fused-ring (bicyclic) bond motifs is 1. The molecule has 0 unspecified atom stereocenters. The van der Waals surface area contributed by atoms with Crippen LogP contribution in [0.2, 0.25) is 0 Å². The van der Waals surface area contributed by atoms with Gasteiger partial charge in [-0.25, -0.2) is 4.79 Å². The lowest BCUT2D eigenvalue weighted by Gasteiger charge is -2.05. The molecule has 0 atom stereocenters. The zero-order valence-corrected chi connectivity index (χ0v) is 15.9. The number of aromatic nitrogens is 3. The Labute approximate surface area is 154 Å². The maximum absolute atomic E-state index is 12.0. The highest BCUT2D eigenvalue weighted by molar-refractivity contribution is 5.97. The molecule has 26 heavy (non-hydrogen) atoms. The summed E-state index contributed by atoms with van der Waals surface area (Å²) in [5.74, 6) is -0.392. The lowest BCUT2D eigenvalue weighted by Crippen LogP contribution is -2.06. The molecule has 0 aliphatic heterocycles. The molecule has 2 heterocycles. The number of methoxy groups -OCH3 is 1. The monoisotopic (exact) mass is 353 g/mol. The van der Waals surface area contributed by atoms with E-state index in [1.807, 2.05) is 10.7 Å². The van der Waals surface area contributed by atoms with Gasteiger partial charge in [0.05, 0.1) is 12.8 Å². The Morgan fingerprint density at radius 3 is 2.58 bits per heavy atom. The molecule has 0 amide bonds. The highest BCUT2D eigenvalue weighted by Crippen LogP contribution is 2.32. The van der Waals surface area contributed by atoms with Crippen molar-refractivity contribution in [1.29, 1.82) is 0 Å². The van der Waals surface area contributed by atoms with Crippen molar-refractivity contribution >= 4 is 16.9 Å². The molecule has 1 aromatic carbocycles. The first-order valence-electron chi connectivity index (χ1n) is 9.44. The Kier molecular flexibility index (Phi) is 5.76. The zero-order chi connectivity index (χ0) is 18.5. The fourth-order valence-corrected chi connectivity index (χ4v) is 3.28. The van der Waals surface area contributed by atoms with Crippen molar-refractivity contribution in [3.63, 3.8) is 0 Å². The van der Waals surface area contributed by atoms with Crippen LogP contribution in [0.5, 0.6) is 0 Å². The van der Waals surface area contributed by atoms with Crippen LogP contribution >= 0.6 is 0 Å². The van der Waals surface area contributed by atoms with E-state index in [0.717, 1.165) is 50.0 Å². The molecule has 0 N–H and O–H groups in total. The predicted molar refractivity (Wildman–Crippen MR) is 104 cm³/mol. The highest BCUT2D eigenvalue weighted by Gasteiger charge is 2.19. The maximum atomic E-state index is 12.0. The van der Waals surface area contributed by atoms with Gasteiger partial charge in [-0.05, 0) is 25.0 Å². The summed E-state index contributed by atoms with van der Waals surface area (Å²) in [4.78, 5) is 12.0.